The highest BCUT2D eigenvalue weighted by Crippen LogP contribution is 2.09. The summed E-state index contributed by atoms with van der Waals surface area (Å²) in [6.45, 7) is 4.00. The number of aromatic nitrogens is 1. The van der Waals surface area contributed by atoms with Crippen molar-refractivity contribution in [1.29, 1.82) is 0 Å². The van der Waals surface area contributed by atoms with Crippen molar-refractivity contribution in [1.82, 2.24) is 4.98 Å². The van der Waals surface area contributed by atoms with Crippen molar-refractivity contribution in [2.24, 2.45) is 0 Å². The second kappa shape index (κ2) is 3.76. The molecule has 0 aliphatic heterocycles. The molecule has 2 aromatic rings. The molecule has 0 aromatic carbocycles. The fourth-order valence-electron chi connectivity index (χ4n) is 0.799. The van der Waals surface area contributed by atoms with E-state index in [9.17, 15) is 0 Å². The summed E-state index contributed by atoms with van der Waals surface area (Å²) >= 11 is 0. The molecule has 2 heterocycles. The third-order valence-electron chi connectivity index (χ3n) is 1.22. The van der Waals surface area contributed by atoms with E-state index in [1.807, 2.05) is 32.0 Å². The first kappa shape index (κ1) is 7.79. The largest absolute Gasteiger partial charge is 0.463 e. The van der Waals surface area contributed by atoms with Gasteiger partial charge < -0.3 is 4.42 Å². The topological polar surface area (TPSA) is 26.0 Å². The maximum absolute atomic E-state index is 5.06. The zero-order valence-corrected chi connectivity index (χ0v) is 6.74. The van der Waals surface area contributed by atoms with Crippen molar-refractivity contribution in [2.45, 2.75) is 13.8 Å². The highest BCUT2D eigenvalue weighted by atomic mass is 16.3. The summed E-state index contributed by atoms with van der Waals surface area (Å²) < 4.78 is 5.06. The van der Waals surface area contributed by atoms with E-state index in [4.69, 9.17) is 4.42 Å². The molecule has 0 bridgehead atoms. The van der Waals surface area contributed by atoms with Gasteiger partial charge in [0.05, 0.1) is 6.26 Å². The van der Waals surface area contributed by atoms with Gasteiger partial charge in [-0.1, -0.05) is 13.8 Å². The number of fused-ring (bicyclic) bond motifs is 1. The maximum atomic E-state index is 5.06. The molecule has 0 saturated carbocycles. The Morgan fingerprint density at radius 3 is 2.82 bits per heavy atom. The van der Waals surface area contributed by atoms with E-state index in [0.717, 1.165) is 11.1 Å². The second-order valence-corrected chi connectivity index (χ2v) is 1.81. The average molecular weight is 149 g/mol. The number of pyridine rings is 1. The van der Waals surface area contributed by atoms with Crippen LogP contribution in [0.3, 0.4) is 0 Å². The summed E-state index contributed by atoms with van der Waals surface area (Å²) in [5.74, 6) is 0. The average Bonchev–Trinajstić information content (AvgIpc) is 2.55. The van der Waals surface area contributed by atoms with Crippen LogP contribution in [0.1, 0.15) is 13.8 Å². The standard InChI is InChI=1S/C7H5NO.C2H6/c1-2-7-6(8-4-1)3-5-9-7;1-2/h1-5H;1-2H3. The van der Waals surface area contributed by atoms with Crippen LogP contribution < -0.4 is 0 Å². The van der Waals surface area contributed by atoms with Gasteiger partial charge in [0.15, 0.2) is 5.58 Å². The molecule has 0 atom stereocenters. The van der Waals surface area contributed by atoms with E-state index in [1.54, 1.807) is 12.5 Å². The zero-order valence-electron chi connectivity index (χ0n) is 6.74. The lowest BCUT2D eigenvalue weighted by molar-refractivity contribution is 0.615. The number of hydrogen-bond donors (Lipinski definition) is 0. The summed E-state index contributed by atoms with van der Waals surface area (Å²) in [5, 5.41) is 0. The Hall–Kier alpha value is -1.31. The molecule has 2 nitrogen and oxygen atoms in total. The second-order valence-electron chi connectivity index (χ2n) is 1.81. The lowest BCUT2D eigenvalue weighted by Gasteiger charge is -1.80. The summed E-state index contributed by atoms with van der Waals surface area (Å²) in [6.07, 6.45) is 3.38. The molecule has 11 heavy (non-hydrogen) atoms. The quantitative estimate of drug-likeness (QED) is 0.575. The maximum Gasteiger partial charge on any atom is 0.152 e. The molecular weight excluding hydrogens is 138 g/mol. The van der Waals surface area contributed by atoms with E-state index < -0.39 is 0 Å². The Morgan fingerprint density at radius 1 is 1.27 bits per heavy atom. The molecule has 0 saturated heterocycles. The molecular formula is C9H11NO. The summed E-state index contributed by atoms with van der Waals surface area (Å²) in [7, 11) is 0. The highest BCUT2D eigenvalue weighted by molar-refractivity contribution is 5.71. The minimum Gasteiger partial charge on any atom is -0.463 e. The molecule has 0 unspecified atom stereocenters. The first-order valence-electron chi connectivity index (χ1n) is 3.75. The van der Waals surface area contributed by atoms with Crippen LogP contribution >= 0.6 is 0 Å². The fraction of sp³-hybridized carbons (Fsp3) is 0.222. The normalized spacial score (nSPS) is 8.91. The number of furan rings is 1. The third-order valence-corrected chi connectivity index (χ3v) is 1.22. The van der Waals surface area contributed by atoms with Crippen molar-refractivity contribution in [3.05, 3.63) is 30.7 Å². The third kappa shape index (κ3) is 1.58. The Morgan fingerprint density at radius 2 is 2.09 bits per heavy atom. The van der Waals surface area contributed by atoms with Crippen molar-refractivity contribution in [3.63, 3.8) is 0 Å². The molecule has 58 valence electrons. The molecule has 0 spiro atoms. The van der Waals surface area contributed by atoms with Crippen LogP contribution in [0.5, 0.6) is 0 Å². The Balaban J connectivity index is 0.000000281. The number of nitrogens with zero attached hydrogens (tertiary/aromatic N) is 1. The molecule has 0 amide bonds. The molecule has 2 rings (SSSR count). The molecule has 2 heteroatoms. The van der Waals surface area contributed by atoms with Crippen molar-refractivity contribution in [2.75, 3.05) is 0 Å². The molecule has 0 radical (unpaired) electrons. The fourth-order valence-corrected chi connectivity index (χ4v) is 0.799. The van der Waals surface area contributed by atoms with Gasteiger partial charge in [-0.3, -0.25) is 4.98 Å². The predicted octanol–water partition coefficient (Wildman–Crippen LogP) is 2.85. The summed E-state index contributed by atoms with van der Waals surface area (Å²) in [5.41, 5.74) is 1.76. The van der Waals surface area contributed by atoms with Crippen LogP contribution in [-0.2, 0) is 0 Å². The van der Waals surface area contributed by atoms with Crippen molar-refractivity contribution in [3.8, 4) is 0 Å². The van der Waals surface area contributed by atoms with Gasteiger partial charge in [0.25, 0.3) is 0 Å². The lowest BCUT2D eigenvalue weighted by atomic mass is 10.4. The van der Waals surface area contributed by atoms with Crippen LogP contribution in [0.2, 0.25) is 0 Å². The molecule has 0 aliphatic carbocycles. The number of hydrogen-bond acceptors (Lipinski definition) is 2. The van der Waals surface area contributed by atoms with Crippen molar-refractivity contribution >= 4 is 11.1 Å². The summed E-state index contributed by atoms with van der Waals surface area (Å²) in [4.78, 5) is 4.05. The first-order valence-corrected chi connectivity index (χ1v) is 3.75. The molecule has 0 N–H and O–H groups in total. The number of rotatable bonds is 0. The van der Waals surface area contributed by atoms with Crippen LogP contribution in [0.25, 0.3) is 11.1 Å². The SMILES string of the molecule is CC.c1cnc2ccoc2c1. The molecule has 2 aromatic heterocycles. The predicted molar refractivity (Wildman–Crippen MR) is 45.4 cm³/mol. The first-order chi connectivity index (χ1) is 5.47. The van der Waals surface area contributed by atoms with E-state index in [1.165, 1.54) is 0 Å². The van der Waals surface area contributed by atoms with Crippen LogP contribution in [-0.4, -0.2) is 4.98 Å². The van der Waals surface area contributed by atoms with Gasteiger partial charge in [0.1, 0.15) is 5.52 Å². The monoisotopic (exact) mass is 149 g/mol. The minimum atomic E-state index is 0.845. The van der Waals surface area contributed by atoms with E-state index >= 15 is 0 Å². The Kier molecular flexibility index (Phi) is 2.66. The lowest BCUT2D eigenvalue weighted by Crippen LogP contribution is -1.66. The Labute approximate surface area is 65.9 Å². The minimum absolute atomic E-state index is 0.845. The van der Waals surface area contributed by atoms with Gasteiger partial charge in [-0.25, -0.2) is 0 Å². The van der Waals surface area contributed by atoms with Gasteiger partial charge in [0.2, 0.25) is 0 Å². The summed E-state index contributed by atoms with van der Waals surface area (Å²) in [6, 6.07) is 5.59. The smallest absolute Gasteiger partial charge is 0.152 e. The molecule has 0 aliphatic rings. The van der Waals surface area contributed by atoms with Gasteiger partial charge in [-0.05, 0) is 12.1 Å². The van der Waals surface area contributed by atoms with E-state index in [2.05, 4.69) is 4.98 Å². The zero-order chi connectivity index (χ0) is 8.10. The van der Waals surface area contributed by atoms with Crippen LogP contribution in [0, 0.1) is 0 Å². The highest BCUT2D eigenvalue weighted by Gasteiger charge is 1.91. The van der Waals surface area contributed by atoms with Crippen molar-refractivity contribution < 1.29 is 4.42 Å². The van der Waals surface area contributed by atoms with Gasteiger partial charge >= 0.3 is 0 Å². The van der Waals surface area contributed by atoms with E-state index in [-0.39, 0.29) is 0 Å². The van der Waals surface area contributed by atoms with Gasteiger partial charge in [-0.15, -0.1) is 0 Å². The molecule has 0 fully saturated rings. The van der Waals surface area contributed by atoms with Gasteiger partial charge in [-0.2, -0.15) is 0 Å². The van der Waals surface area contributed by atoms with Gasteiger partial charge in [0, 0.05) is 12.3 Å². The van der Waals surface area contributed by atoms with Crippen LogP contribution in [0.4, 0.5) is 0 Å². The Bertz CT molecular complexity index is 284. The van der Waals surface area contributed by atoms with Crippen LogP contribution in [0.15, 0.2) is 35.1 Å². The van der Waals surface area contributed by atoms with E-state index in [0.29, 0.717) is 0 Å².